The first-order chi connectivity index (χ1) is 11.7. The predicted molar refractivity (Wildman–Crippen MR) is 84.5 cm³/mol. The fourth-order valence-corrected chi connectivity index (χ4v) is 3.51. The number of hydrogen-bond acceptors (Lipinski definition) is 4. The number of fused-ring (bicyclic) bond motifs is 2. The quantitative estimate of drug-likeness (QED) is 0.917. The summed E-state index contributed by atoms with van der Waals surface area (Å²) in [5.41, 5.74) is 1.97. The van der Waals surface area contributed by atoms with Gasteiger partial charge in [0.1, 0.15) is 5.76 Å². The zero-order valence-corrected chi connectivity index (χ0v) is 13.3. The molecule has 1 aliphatic carbocycles. The molecule has 1 N–H and O–H groups in total. The summed E-state index contributed by atoms with van der Waals surface area (Å²) in [4.78, 5) is 12.7. The highest BCUT2D eigenvalue weighted by Crippen LogP contribution is 2.34. The summed E-state index contributed by atoms with van der Waals surface area (Å²) < 4.78 is 24.8. The van der Waals surface area contributed by atoms with Crippen molar-refractivity contribution in [3.05, 3.63) is 46.6 Å². The monoisotopic (exact) mass is 330 g/mol. The summed E-state index contributed by atoms with van der Waals surface area (Å²) in [6, 6.07) is 4.52. The van der Waals surface area contributed by atoms with Crippen LogP contribution in [0.3, 0.4) is 0 Å². The lowest BCUT2D eigenvalue weighted by atomic mass is 9.96. The molecule has 2 aromatic rings. The van der Waals surface area contributed by atoms with Gasteiger partial charge in [0.05, 0.1) is 12.6 Å². The second-order valence-electron chi connectivity index (χ2n) is 6.31. The van der Waals surface area contributed by atoms with Crippen LogP contribution in [0.2, 0.25) is 0 Å². The van der Waals surface area contributed by atoms with Gasteiger partial charge >= 0.3 is 0 Å². The SMILES string of the molecule is O=C(N[C@H]1CCCOc2c(F)cccc21)c1noc2c1CCCC2. The standard InChI is InChI=1S/C18H19FN2O3/c19-13-7-3-6-11-14(8-4-10-23-17(11)13)20-18(22)16-12-5-1-2-9-15(12)24-21-16/h3,6-7,14H,1-2,4-5,8-10H2,(H,20,22)/t14-/m0/s1. The molecule has 1 atom stereocenters. The van der Waals surface area contributed by atoms with Crippen molar-refractivity contribution in [3.63, 3.8) is 0 Å². The number of carbonyl (C=O) groups excluding carboxylic acids is 1. The van der Waals surface area contributed by atoms with Gasteiger partial charge in [0.25, 0.3) is 5.91 Å². The molecule has 24 heavy (non-hydrogen) atoms. The van der Waals surface area contributed by atoms with Crippen LogP contribution in [0, 0.1) is 5.82 Å². The van der Waals surface area contributed by atoms with Crippen LogP contribution in [0.25, 0.3) is 0 Å². The lowest BCUT2D eigenvalue weighted by Crippen LogP contribution is -2.29. The number of para-hydroxylation sites is 1. The molecular weight excluding hydrogens is 311 g/mol. The predicted octanol–water partition coefficient (Wildman–Crippen LogP) is 3.34. The van der Waals surface area contributed by atoms with E-state index in [4.69, 9.17) is 9.26 Å². The molecule has 6 heteroatoms. The van der Waals surface area contributed by atoms with Crippen LogP contribution < -0.4 is 10.1 Å². The zero-order valence-electron chi connectivity index (χ0n) is 13.3. The Morgan fingerprint density at radius 2 is 2.12 bits per heavy atom. The average molecular weight is 330 g/mol. The first-order valence-electron chi connectivity index (χ1n) is 8.43. The van der Waals surface area contributed by atoms with Crippen LogP contribution in [0.5, 0.6) is 5.75 Å². The van der Waals surface area contributed by atoms with E-state index in [0.717, 1.165) is 43.4 Å². The second kappa shape index (κ2) is 6.26. The highest BCUT2D eigenvalue weighted by atomic mass is 19.1. The van der Waals surface area contributed by atoms with E-state index in [0.29, 0.717) is 24.3 Å². The lowest BCUT2D eigenvalue weighted by molar-refractivity contribution is 0.0924. The molecule has 0 spiro atoms. The third kappa shape index (κ3) is 2.66. The summed E-state index contributed by atoms with van der Waals surface area (Å²) in [7, 11) is 0. The van der Waals surface area contributed by atoms with Gasteiger partial charge in [-0.25, -0.2) is 4.39 Å². The van der Waals surface area contributed by atoms with Crippen molar-refractivity contribution < 1.29 is 18.4 Å². The number of nitrogens with zero attached hydrogens (tertiary/aromatic N) is 1. The van der Waals surface area contributed by atoms with Crippen molar-refractivity contribution in [2.45, 2.75) is 44.6 Å². The molecule has 2 aliphatic rings. The molecule has 0 saturated heterocycles. The Hall–Kier alpha value is -2.37. The van der Waals surface area contributed by atoms with Crippen molar-refractivity contribution in [1.82, 2.24) is 10.5 Å². The van der Waals surface area contributed by atoms with E-state index in [-0.39, 0.29) is 17.7 Å². The summed E-state index contributed by atoms with van der Waals surface area (Å²) in [5.74, 6) is 0.404. The van der Waals surface area contributed by atoms with Crippen LogP contribution in [0.4, 0.5) is 4.39 Å². The smallest absolute Gasteiger partial charge is 0.274 e. The number of aromatic nitrogens is 1. The van der Waals surface area contributed by atoms with Crippen molar-refractivity contribution >= 4 is 5.91 Å². The van der Waals surface area contributed by atoms with E-state index >= 15 is 0 Å². The summed E-state index contributed by atoms with van der Waals surface area (Å²) >= 11 is 0. The molecule has 0 fully saturated rings. The highest BCUT2D eigenvalue weighted by Gasteiger charge is 2.28. The van der Waals surface area contributed by atoms with Crippen molar-refractivity contribution in [2.24, 2.45) is 0 Å². The van der Waals surface area contributed by atoms with E-state index in [1.807, 2.05) is 0 Å². The van der Waals surface area contributed by atoms with Gasteiger partial charge in [-0.15, -0.1) is 0 Å². The third-order valence-corrected chi connectivity index (χ3v) is 4.73. The lowest BCUT2D eigenvalue weighted by Gasteiger charge is -2.18. The van der Waals surface area contributed by atoms with Gasteiger partial charge in [-0.2, -0.15) is 0 Å². The summed E-state index contributed by atoms with van der Waals surface area (Å²) in [6.07, 6.45) is 5.20. The van der Waals surface area contributed by atoms with Gasteiger partial charge in [0.15, 0.2) is 17.3 Å². The molecule has 0 bridgehead atoms. The van der Waals surface area contributed by atoms with Crippen LogP contribution in [0.15, 0.2) is 22.7 Å². The first kappa shape index (κ1) is 15.2. The molecule has 126 valence electrons. The summed E-state index contributed by atoms with van der Waals surface area (Å²) in [5, 5.41) is 6.95. The number of halogens is 1. The molecule has 0 radical (unpaired) electrons. The van der Waals surface area contributed by atoms with Crippen LogP contribution >= 0.6 is 0 Å². The van der Waals surface area contributed by atoms with Gasteiger partial charge in [-0.05, 0) is 38.2 Å². The molecule has 0 unspecified atom stereocenters. The molecule has 1 aliphatic heterocycles. The number of rotatable bonds is 2. The Balaban J connectivity index is 1.60. The molecule has 4 rings (SSSR count). The van der Waals surface area contributed by atoms with Crippen molar-refractivity contribution in [3.8, 4) is 5.75 Å². The average Bonchev–Trinajstić information content (AvgIpc) is 2.92. The highest BCUT2D eigenvalue weighted by molar-refractivity contribution is 5.94. The number of benzene rings is 1. The Labute approximate surface area is 139 Å². The van der Waals surface area contributed by atoms with Gasteiger partial charge in [-0.1, -0.05) is 17.3 Å². The maximum absolute atomic E-state index is 14.0. The minimum atomic E-state index is -0.396. The van der Waals surface area contributed by atoms with E-state index in [1.165, 1.54) is 6.07 Å². The fraction of sp³-hybridized carbons (Fsp3) is 0.444. The second-order valence-corrected chi connectivity index (χ2v) is 6.31. The van der Waals surface area contributed by atoms with Crippen molar-refractivity contribution in [2.75, 3.05) is 6.61 Å². The molecule has 5 nitrogen and oxygen atoms in total. The number of amides is 1. The number of carbonyl (C=O) groups is 1. The van der Waals surface area contributed by atoms with Gasteiger partial charge < -0.3 is 14.6 Å². The minimum Gasteiger partial charge on any atom is -0.490 e. The first-order valence-corrected chi connectivity index (χ1v) is 8.43. The van der Waals surface area contributed by atoms with Crippen molar-refractivity contribution in [1.29, 1.82) is 0 Å². The van der Waals surface area contributed by atoms with Crippen LogP contribution in [-0.2, 0) is 12.8 Å². The molecule has 0 saturated carbocycles. The molecule has 1 amide bonds. The van der Waals surface area contributed by atoms with Gasteiger partial charge in [-0.3, -0.25) is 4.79 Å². The summed E-state index contributed by atoms with van der Waals surface area (Å²) in [6.45, 7) is 0.444. The minimum absolute atomic E-state index is 0.238. The largest absolute Gasteiger partial charge is 0.490 e. The van der Waals surface area contributed by atoms with E-state index < -0.39 is 5.82 Å². The van der Waals surface area contributed by atoms with Crippen LogP contribution in [-0.4, -0.2) is 17.7 Å². The molecular formula is C18H19FN2O3. The number of hydrogen-bond donors (Lipinski definition) is 1. The Bertz CT molecular complexity index is 772. The third-order valence-electron chi connectivity index (χ3n) is 4.73. The maximum atomic E-state index is 14.0. The topological polar surface area (TPSA) is 64.4 Å². The number of nitrogens with one attached hydrogen (secondary N) is 1. The van der Waals surface area contributed by atoms with Gasteiger partial charge in [0.2, 0.25) is 0 Å². The van der Waals surface area contributed by atoms with E-state index in [2.05, 4.69) is 10.5 Å². The number of ether oxygens (including phenoxy) is 1. The molecule has 1 aromatic heterocycles. The Morgan fingerprint density at radius 3 is 3.04 bits per heavy atom. The molecule has 1 aromatic carbocycles. The van der Waals surface area contributed by atoms with Crippen LogP contribution in [0.1, 0.15) is 59.1 Å². The number of aryl methyl sites for hydroxylation is 1. The molecule has 2 heterocycles. The maximum Gasteiger partial charge on any atom is 0.274 e. The normalized spacial score (nSPS) is 19.6. The van der Waals surface area contributed by atoms with Gasteiger partial charge in [0, 0.05) is 17.5 Å². The van der Waals surface area contributed by atoms with E-state index in [1.54, 1.807) is 12.1 Å². The zero-order chi connectivity index (χ0) is 16.5. The fourth-order valence-electron chi connectivity index (χ4n) is 3.51. The Kier molecular flexibility index (Phi) is 3.96. The Morgan fingerprint density at radius 1 is 1.25 bits per heavy atom. The van der Waals surface area contributed by atoms with E-state index in [9.17, 15) is 9.18 Å².